The molecule has 2 N–H and O–H groups in total. The van der Waals surface area contributed by atoms with Crippen LogP contribution in [0.3, 0.4) is 0 Å². The van der Waals surface area contributed by atoms with Gasteiger partial charge in [-0.1, -0.05) is 35.1 Å². The van der Waals surface area contributed by atoms with Gasteiger partial charge in [0.2, 0.25) is 10.1 Å². The van der Waals surface area contributed by atoms with Gasteiger partial charge in [0.05, 0.1) is 0 Å². The second kappa shape index (κ2) is 8.61. The number of benzene rings is 1. The van der Waals surface area contributed by atoms with Crippen LogP contribution in [0.2, 0.25) is 0 Å². The summed E-state index contributed by atoms with van der Waals surface area (Å²) in [6, 6.07) is 8.55. The van der Waals surface area contributed by atoms with Gasteiger partial charge in [0.25, 0.3) is 0 Å². The van der Waals surface area contributed by atoms with E-state index in [0.29, 0.717) is 13.1 Å². The van der Waals surface area contributed by atoms with Crippen molar-refractivity contribution >= 4 is 33.3 Å². The van der Waals surface area contributed by atoms with Gasteiger partial charge < -0.3 is 20.4 Å². The van der Waals surface area contributed by atoms with E-state index in [0.717, 1.165) is 40.3 Å². The quantitative estimate of drug-likeness (QED) is 0.616. The van der Waals surface area contributed by atoms with Crippen molar-refractivity contribution in [3.05, 3.63) is 29.8 Å². The van der Waals surface area contributed by atoms with Crippen LogP contribution in [0.4, 0.5) is 15.7 Å². The molecule has 1 aliphatic rings. The first kappa shape index (κ1) is 22.4. The summed E-state index contributed by atoms with van der Waals surface area (Å²) >= 11 is 1.59. The van der Waals surface area contributed by atoms with E-state index in [1.54, 1.807) is 11.3 Å². The molecule has 2 amide bonds. The van der Waals surface area contributed by atoms with Gasteiger partial charge in [-0.15, -0.1) is 5.10 Å². The van der Waals surface area contributed by atoms with Crippen molar-refractivity contribution in [2.24, 2.45) is 0 Å². The molecule has 1 fully saturated rings. The molecule has 3 heterocycles. The number of carbonyl (C=O) groups is 1. The van der Waals surface area contributed by atoms with Crippen LogP contribution < -0.4 is 15.5 Å². The Morgan fingerprint density at radius 2 is 1.88 bits per heavy atom. The number of rotatable bonds is 4. The number of anilines is 2. The molecule has 0 atom stereocenters. The molecule has 1 aromatic carbocycles. The van der Waals surface area contributed by atoms with Crippen LogP contribution in [-0.2, 0) is 0 Å². The van der Waals surface area contributed by atoms with Crippen LogP contribution in [0.15, 0.2) is 24.3 Å². The van der Waals surface area contributed by atoms with Crippen LogP contribution in [-0.4, -0.2) is 63.3 Å². The van der Waals surface area contributed by atoms with Crippen LogP contribution in [0.1, 0.15) is 40.2 Å². The summed E-state index contributed by atoms with van der Waals surface area (Å²) < 4.78 is 1.93. The third kappa shape index (κ3) is 4.82. The second-order valence-corrected chi connectivity index (χ2v) is 10.6. The molecule has 0 aliphatic carbocycles. The number of fused-ring (bicyclic) bond motifs is 1. The third-order valence-corrected chi connectivity index (χ3v) is 6.20. The fraction of sp³-hybridized carbons (Fsp3) is 0.522. The van der Waals surface area contributed by atoms with Crippen LogP contribution >= 0.6 is 11.3 Å². The summed E-state index contributed by atoms with van der Waals surface area (Å²) in [5.74, 6) is 0.913. The topological polar surface area (TPSA) is 77.8 Å². The molecule has 4 rings (SSSR count). The largest absolute Gasteiger partial charge is 0.364 e. The molecular formula is C23H33N7OS. The fourth-order valence-corrected chi connectivity index (χ4v) is 4.72. The van der Waals surface area contributed by atoms with E-state index >= 15 is 0 Å². The number of hydrogen-bond donors (Lipinski definition) is 2. The Hall–Kier alpha value is -2.81. The number of aromatic nitrogens is 3. The summed E-state index contributed by atoms with van der Waals surface area (Å²) in [7, 11) is 0. The summed E-state index contributed by atoms with van der Waals surface area (Å²) in [5.41, 5.74) is 3.08. The first-order valence-electron chi connectivity index (χ1n) is 11.2. The number of urea groups is 1. The Kier molecular flexibility index (Phi) is 6.03. The molecule has 0 bridgehead atoms. The predicted octanol–water partition coefficient (Wildman–Crippen LogP) is 4.22. The minimum Gasteiger partial charge on any atom is -0.364 e. The number of hydrogen-bond acceptors (Lipinski definition) is 6. The maximum absolute atomic E-state index is 12.3. The average molecular weight is 456 g/mol. The van der Waals surface area contributed by atoms with E-state index in [1.807, 2.05) is 23.3 Å². The minimum atomic E-state index is -0.131. The molecule has 0 unspecified atom stereocenters. The van der Waals surface area contributed by atoms with Gasteiger partial charge in [-0.05, 0) is 47.6 Å². The standard InChI is InChI=1S/C23H33N7OS/c1-15(2)24-20(31)28-10-12-29(13-11-28)22-27-30-19(26-23(4,5)6)18(25-21(30)32-22)17-9-7-8-16(3)14-17/h7-9,14-15,26H,10-13H2,1-6H3,(H,24,31). The van der Waals surface area contributed by atoms with E-state index in [9.17, 15) is 4.79 Å². The first-order valence-corrected chi connectivity index (χ1v) is 12.0. The van der Waals surface area contributed by atoms with Gasteiger partial charge in [0.1, 0.15) is 5.69 Å². The Morgan fingerprint density at radius 3 is 2.50 bits per heavy atom. The highest BCUT2D eigenvalue weighted by Gasteiger charge is 2.26. The van der Waals surface area contributed by atoms with Gasteiger partial charge in [-0.2, -0.15) is 4.52 Å². The summed E-state index contributed by atoms with van der Waals surface area (Å²) in [5, 5.41) is 12.4. The van der Waals surface area contributed by atoms with Crippen molar-refractivity contribution in [3.63, 3.8) is 0 Å². The summed E-state index contributed by atoms with van der Waals surface area (Å²) in [6.07, 6.45) is 0. The molecule has 3 aromatic rings. The van der Waals surface area contributed by atoms with Crippen LogP contribution in [0, 0.1) is 6.92 Å². The lowest BCUT2D eigenvalue weighted by Crippen LogP contribution is -2.52. The Bertz CT molecular complexity index is 1100. The highest BCUT2D eigenvalue weighted by molar-refractivity contribution is 7.20. The lowest BCUT2D eigenvalue weighted by atomic mass is 10.1. The number of imidazole rings is 1. The van der Waals surface area contributed by atoms with E-state index in [4.69, 9.17) is 10.1 Å². The molecule has 32 heavy (non-hydrogen) atoms. The zero-order valence-corrected chi connectivity index (χ0v) is 20.6. The van der Waals surface area contributed by atoms with E-state index in [2.05, 4.69) is 67.5 Å². The van der Waals surface area contributed by atoms with E-state index in [1.165, 1.54) is 5.56 Å². The number of piperazine rings is 1. The maximum atomic E-state index is 12.3. The van der Waals surface area contributed by atoms with E-state index in [-0.39, 0.29) is 17.6 Å². The van der Waals surface area contributed by atoms with Gasteiger partial charge >= 0.3 is 6.03 Å². The number of aryl methyl sites for hydroxylation is 1. The lowest BCUT2D eigenvalue weighted by molar-refractivity contribution is 0.192. The predicted molar refractivity (Wildman–Crippen MR) is 132 cm³/mol. The zero-order chi connectivity index (χ0) is 23.0. The third-order valence-electron chi connectivity index (χ3n) is 5.23. The minimum absolute atomic E-state index is 0.00745. The Labute approximate surface area is 193 Å². The van der Waals surface area contributed by atoms with Crippen molar-refractivity contribution in [2.45, 2.75) is 53.1 Å². The monoisotopic (exact) mass is 455 g/mol. The lowest BCUT2D eigenvalue weighted by Gasteiger charge is -2.34. The van der Waals surface area contributed by atoms with Gasteiger partial charge in [-0.3, -0.25) is 0 Å². The van der Waals surface area contributed by atoms with Gasteiger partial charge in [0, 0.05) is 43.3 Å². The highest BCUT2D eigenvalue weighted by atomic mass is 32.1. The average Bonchev–Trinajstić information content (AvgIpc) is 3.26. The number of amides is 2. The molecule has 2 aromatic heterocycles. The molecule has 1 saturated heterocycles. The normalized spacial score (nSPS) is 15.0. The van der Waals surface area contributed by atoms with Crippen molar-refractivity contribution < 1.29 is 4.79 Å². The highest BCUT2D eigenvalue weighted by Crippen LogP contribution is 2.35. The Balaban J connectivity index is 1.60. The van der Waals surface area contributed by atoms with Crippen LogP contribution in [0.25, 0.3) is 16.2 Å². The van der Waals surface area contributed by atoms with Gasteiger partial charge in [-0.25, -0.2) is 9.78 Å². The molecule has 0 saturated carbocycles. The van der Waals surface area contributed by atoms with Crippen molar-refractivity contribution in [2.75, 3.05) is 36.4 Å². The fourth-order valence-electron chi connectivity index (χ4n) is 3.77. The number of nitrogens with zero attached hydrogens (tertiary/aromatic N) is 5. The van der Waals surface area contributed by atoms with Gasteiger partial charge in [0.15, 0.2) is 5.82 Å². The molecule has 0 radical (unpaired) electrons. The van der Waals surface area contributed by atoms with Crippen molar-refractivity contribution in [3.8, 4) is 11.3 Å². The van der Waals surface area contributed by atoms with Crippen molar-refractivity contribution in [1.29, 1.82) is 0 Å². The number of nitrogens with one attached hydrogen (secondary N) is 2. The van der Waals surface area contributed by atoms with Crippen LogP contribution in [0.5, 0.6) is 0 Å². The SMILES string of the molecule is Cc1cccc(-c2nc3sc(N4CCN(C(=O)NC(C)C)CC4)nn3c2NC(C)(C)C)c1. The molecule has 172 valence electrons. The maximum Gasteiger partial charge on any atom is 0.317 e. The summed E-state index contributed by atoms with van der Waals surface area (Å²) in [6.45, 7) is 15.4. The zero-order valence-electron chi connectivity index (χ0n) is 19.8. The summed E-state index contributed by atoms with van der Waals surface area (Å²) in [4.78, 5) is 22.2. The van der Waals surface area contributed by atoms with Crippen molar-refractivity contribution in [1.82, 2.24) is 24.8 Å². The molecule has 8 nitrogen and oxygen atoms in total. The second-order valence-electron chi connectivity index (χ2n) is 9.71. The first-order chi connectivity index (χ1) is 15.1. The smallest absolute Gasteiger partial charge is 0.317 e. The molecule has 0 spiro atoms. The van der Waals surface area contributed by atoms with E-state index < -0.39 is 0 Å². The molecule has 1 aliphatic heterocycles. The Morgan fingerprint density at radius 1 is 1.16 bits per heavy atom. The number of carbonyl (C=O) groups excluding carboxylic acids is 1. The molecular weight excluding hydrogens is 422 g/mol. The molecule has 9 heteroatoms.